The molecule has 2 aromatic rings. The molecule has 4 nitrogen and oxygen atoms in total. The molecule has 0 aliphatic heterocycles. The van der Waals surface area contributed by atoms with Crippen LogP contribution in [0.25, 0.3) is 11.0 Å². The van der Waals surface area contributed by atoms with Crippen molar-refractivity contribution in [2.75, 3.05) is 5.73 Å². The third-order valence-corrected chi connectivity index (χ3v) is 3.79. The minimum Gasteiger partial charge on any atom is -0.383 e. The van der Waals surface area contributed by atoms with Gasteiger partial charge < -0.3 is 10.3 Å². The van der Waals surface area contributed by atoms with Gasteiger partial charge in [-0.3, -0.25) is 0 Å². The van der Waals surface area contributed by atoms with Crippen LogP contribution in [0.1, 0.15) is 50.3 Å². The molecule has 0 aliphatic rings. The summed E-state index contributed by atoms with van der Waals surface area (Å²) in [5.41, 5.74) is 9.50. The largest absolute Gasteiger partial charge is 0.383 e. The summed E-state index contributed by atoms with van der Waals surface area (Å²) >= 11 is 0. The van der Waals surface area contributed by atoms with E-state index in [1.807, 2.05) is 6.92 Å². The van der Waals surface area contributed by atoms with Gasteiger partial charge in [0.25, 0.3) is 0 Å². The maximum atomic E-state index is 6.08. The maximum Gasteiger partial charge on any atom is 0.146 e. The van der Waals surface area contributed by atoms with E-state index in [0.29, 0.717) is 17.8 Å². The Morgan fingerprint density at radius 3 is 2.32 bits per heavy atom. The van der Waals surface area contributed by atoms with Gasteiger partial charge in [-0.1, -0.05) is 13.8 Å². The summed E-state index contributed by atoms with van der Waals surface area (Å²) in [5, 5.41) is 1.01. The zero-order valence-electron chi connectivity index (χ0n) is 12.8. The quantitative estimate of drug-likeness (QED) is 0.918. The minimum absolute atomic E-state index is 0.421. The molecule has 0 radical (unpaired) electrons. The molecule has 0 amide bonds. The number of nitrogen functional groups attached to an aromatic ring is 1. The standard InChI is InChI=1S/C15H24N4/c1-8(2)7-9(3)19-11(5)10(4)13-14(16)17-12(6)18-15(13)19/h8-9H,7H2,1-6H3,(H2,16,17,18). The summed E-state index contributed by atoms with van der Waals surface area (Å²) in [7, 11) is 0. The molecule has 2 aromatic heterocycles. The van der Waals surface area contributed by atoms with E-state index in [-0.39, 0.29) is 0 Å². The van der Waals surface area contributed by atoms with Gasteiger partial charge in [-0.25, -0.2) is 9.97 Å². The zero-order valence-corrected chi connectivity index (χ0v) is 12.8. The van der Waals surface area contributed by atoms with Crippen molar-refractivity contribution in [1.82, 2.24) is 14.5 Å². The average Bonchev–Trinajstić information content (AvgIpc) is 2.50. The second kappa shape index (κ2) is 4.83. The van der Waals surface area contributed by atoms with Crippen LogP contribution in [0.2, 0.25) is 0 Å². The monoisotopic (exact) mass is 260 g/mol. The van der Waals surface area contributed by atoms with Crippen LogP contribution in [0.3, 0.4) is 0 Å². The van der Waals surface area contributed by atoms with Crippen molar-refractivity contribution in [3.05, 3.63) is 17.1 Å². The lowest BCUT2D eigenvalue weighted by molar-refractivity contribution is 0.430. The van der Waals surface area contributed by atoms with Gasteiger partial charge >= 0.3 is 0 Å². The molecule has 1 unspecified atom stereocenters. The number of hydrogen-bond donors (Lipinski definition) is 1. The molecule has 2 heterocycles. The van der Waals surface area contributed by atoms with E-state index in [4.69, 9.17) is 5.73 Å². The van der Waals surface area contributed by atoms with Gasteiger partial charge in [0.1, 0.15) is 17.3 Å². The highest BCUT2D eigenvalue weighted by atomic mass is 15.1. The molecule has 0 aliphatic carbocycles. The number of nitrogens with zero attached hydrogens (tertiary/aromatic N) is 3. The maximum absolute atomic E-state index is 6.08. The van der Waals surface area contributed by atoms with Crippen LogP contribution in [0.15, 0.2) is 0 Å². The highest BCUT2D eigenvalue weighted by Gasteiger charge is 2.20. The van der Waals surface area contributed by atoms with Gasteiger partial charge in [-0.2, -0.15) is 0 Å². The Balaban J connectivity index is 2.70. The molecule has 0 fully saturated rings. The lowest BCUT2D eigenvalue weighted by atomic mass is 10.0. The Morgan fingerprint density at radius 2 is 1.74 bits per heavy atom. The summed E-state index contributed by atoms with van der Waals surface area (Å²) in [6.45, 7) is 12.9. The number of nitrogens with two attached hydrogens (primary N) is 1. The van der Waals surface area contributed by atoms with E-state index in [2.05, 4.69) is 49.2 Å². The van der Waals surface area contributed by atoms with E-state index in [0.717, 1.165) is 23.3 Å². The fourth-order valence-electron chi connectivity index (χ4n) is 2.96. The molecule has 0 saturated carbocycles. The Bertz CT molecular complexity index is 610. The van der Waals surface area contributed by atoms with Crippen LogP contribution in [0.4, 0.5) is 5.82 Å². The zero-order chi connectivity index (χ0) is 14.3. The van der Waals surface area contributed by atoms with Crippen molar-refractivity contribution in [3.8, 4) is 0 Å². The summed E-state index contributed by atoms with van der Waals surface area (Å²) in [6.07, 6.45) is 1.13. The molecule has 2 N–H and O–H groups in total. The van der Waals surface area contributed by atoms with Gasteiger partial charge in [-0.15, -0.1) is 0 Å². The van der Waals surface area contributed by atoms with Crippen molar-refractivity contribution in [2.24, 2.45) is 5.92 Å². The van der Waals surface area contributed by atoms with Crippen LogP contribution in [0, 0.1) is 26.7 Å². The van der Waals surface area contributed by atoms with Crippen LogP contribution in [-0.4, -0.2) is 14.5 Å². The molecular weight excluding hydrogens is 236 g/mol. The predicted octanol–water partition coefficient (Wildman–Crippen LogP) is 3.55. The summed E-state index contributed by atoms with van der Waals surface area (Å²) in [4.78, 5) is 8.91. The number of hydrogen-bond acceptors (Lipinski definition) is 3. The van der Waals surface area contributed by atoms with E-state index in [1.165, 1.54) is 11.3 Å². The molecule has 0 aromatic carbocycles. The number of aromatic nitrogens is 3. The predicted molar refractivity (Wildman–Crippen MR) is 80.3 cm³/mol. The van der Waals surface area contributed by atoms with Gasteiger partial charge in [0.15, 0.2) is 0 Å². The first-order valence-electron chi connectivity index (χ1n) is 6.94. The molecule has 0 spiro atoms. The number of fused-ring (bicyclic) bond motifs is 1. The number of anilines is 1. The first kappa shape index (κ1) is 13.8. The highest BCUT2D eigenvalue weighted by molar-refractivity contribution is 5.91. The van der Waals surface area contributed by atoms with E-state index in [9.17, 15) is 0 Å². The molecular formula is C15H24N4. The molecule has 2 rings (SSSR count). The molecule has 0 saturated heterocycles. The third-order valence-electron chi connectivity index (χ3n) is 3.79. The lowest BCUT2D eigenvalue weighted by Gasteiger charge is -2.19. The molecule has 4 heteroatoms. The Hall–Kier alpha value is -1.58. The first-order valence-corrected chi connectivity index (χ1v) is 6.94. The van der Waals surface area contributed by atoms with E-state index >= 15 is 0 Å². The first-order chi connectivity index (χ1) is 8.82. The third kappa shape index (κ3) is 2.31. The topological polar surface area (TPSA) is 56.7 Å². The van der Waals surface area contributed by atoms with Crippen LogP contribution in [0.5, 0.6) is 0 Å². The second-order valence-corrected chi connectivity index (χ2v) is 5.91. The van der Waals surface area contributed by atoms with Crippen molar-refractivity contribution in [3.63, 3.8) is 0 Å². The van der Waals surface area contributed by atoms with Crippen LogP contribution < -0.4 is 5.73 Å². The fraction of sp³-hybridized carbons (Fsp3) is 0.600. The van der Waals surface area contributed by atoms with Crippen molar-refractivity contribution in [1.29, 1.82) is 0 Å². The SMILES string of the molecule is Cc1nc(N)c2c(C)c(C)n(C(C)CC(C)C)c2n1. The van der Waals surface area contributed by atoms with Gasteiger partial charge in [0.2, 0.25) is 0 Å². The summed E-state index contributed by atoms with van der Waals surface area (Å²) in [5.74, 6) is 1.99. The van der Waals surface area contributed by atoms with Gasteiger partial charge in [0, 0.05) is 11.7 Å². The minimum atomic E-state index is 0.421. The fourth-order valence-corrected chi connectivity index (χ4v) is 2.96. The second-order valence-electron chi connectivity index (χ2n) is 5.91. The molecule has 0 bridgehead atoms. The normalized spacial score (nSPS) is 13.4. The van der Waals surface area contributed by atoms with Crippen LogP contribution in [-0.2, 0) is 0 Å². The Labute approximate surface area is 115 Å². The Kier molecular flexibility index (Phi) is 3.52. The molecule has 19 heavy (non-hydrogen) atoms. The number of aryl methyl sites for hydroxylation is 2. The van der Waals surface area contributed by atoms with Crippen molar-refractivity contribution >= 4 is 16.9 Å². The van der Waals surface area contributed by atoms with E-state index < -0.39 is 0 Å². The highest BCUT2D eigenvalue weighted by Crippen LogP contribution is 2.32. The summed E-state index contributed by atoms with van der Waals surface area (Å²) in [6, 6.07) is 0.421. The molecule has 1 atom stereocenters. The smallest absolute Gasteiger partial charge is 0.146 e. The van der Waals surface area contributed by atoms with E-state index in [1.54, 1.807) is 0 Å². The van der Waals surface area contributed by atoms with Gasteiger partial charge in [-0.05, 0) is 45.6 Å². The van der Waals surface area contributed by atoms with Crippen molar-refractivity contribution in [2.45, 2.75) is 54.0 Å². The molecule has 104 valence electrons. The lowest BCUT2D eigenvalue weighted by Crippen LogP contribution is -2.11. The summed E-state index contributed by atoms with van der Waals surface area (Å²) < 4.78 is 2.32. The van der Waals surface area contributed by atoms with Crippen molar-refractivity contribution < 1.29 is 0 Å². The average molecular weight is 260 g/mol. The van der Waals surface area contributed by atoms with Crippen LogP contribution >= 0.6 is 0 Å². The number of rotatable bonds is 3. The Morgan fingerprint density at radius 1 is 1.11 bits per heavy atom. The van der Waals surface area contributed by atoms with Gasteiger partial charge in [0.05, 0.1) is 5.39 Å².